The molecule has 1 aromatic carbocycles. The van der Waals surface area contributed by atoms with E-state index in [1.54, 1.807) is 31.3 Å². The molecular weight excluding hydrogens is 458 g/mol. The van der Waals surface area contributed by atoms with Crippen molar-refractivity contribution in [2.75, 3.05) is 23.7 Å². The molecule has 1 aliphatic heterocycles. The predicted octanol–water partition coefficient (Wildman–Crippen LogP) is 2.19. The number of nitrogens with one attached hydrogen (secondary N) is 1. The zero-order valence-corrected chi connectivity index (χ0v) is 18.6. The van der Waals surface area contributed by atoms with Gasteiger partial charge in [-0.15, -0.1) is 0 Å². The molecule has 3 rings (SSSR count). The minimum atomic E-state index is -3.19. The molecule has 1 N–H and O–H groups in total. The van der Waals surface area contributed by atoms with Gasteiger partial charge in [0.1, 0.15) is 6.54 Å². The lowest BCUT2D eigenvalue weighted by Crippen LogP contribution is -2.46. The highest BCUT2D eigenvalue weighted by Crippen LogP contribution is 2.22. The van der Waals surface area contributed by atoms with Gasteiger partial charge in [-0.1, -0.05) is 6.92 Å². The van der Waals surface area contributed by atoms with Crippen LogP contribution in [-0.4, -0.2) is 43.8 Å². The van der Waals surface area contributed by atoms with Crippen LogP contribution in [-0.2, 0) is 21.2 Å². The number of aromatic nitrogens is 1. The van der Waals surface area contributed by atoms with Crippen molar-refractivity contribution in [3.05, 3.63) is 57.4 Å². The summed E-state index contributed by atoms with van der Waals surface area (Å²) in [5.41, 5.74) is 0.761. The van der Waals surface area contributed by atoms with Crippen molar-refractivity contribution in [1.82, 2.24) is 9.88 Å². The quantitative estimate of drug-likeness (QED) is 0.682. The molecule has 0 saturated carbocycles. The molecule has 0 bridgehead atoms. The van der Waals surface area contributed by atoms with Crippen molar-refractivity contribution in [1.29, 1.82) is 0 Å². The predicted molar refractivity (Wildman–Crippen MR) is 116 cm³/mol. The first-order valence-electron chi connectivity index (χ1n) is 9.51. The van der Waals surface area contributed by atoms with Crippen LogP contribution in [0.5, 0.6) is 0 Å². The van der Waals surface area contributed by atoms with Crippen LogP contribution in [0.25, 0.3) is 0 Å². The molecule has 1 saturated heterocycles. The fourth-order valence-corrected chi connectivity index (χ4v) is 4.63. The number of hydrogen-bond acceptors (Lipinski definition) is 5. The molecule has 1 aliphatic rings. The van der Waals surface area contributed by atoms with Gasteiger partial charge in [-0.25, -0.2) is 8.42 Å². The molecule has 1 amide bonds. The molecule has 0 radical (unpaired) electrons. The SMILES string of the molecule is CCS(=O)(=O)c1ccc(N2CCC(NC(=O)Cn3cc(Br)ccc3=O)CC2)cc1. The lowest BCUT2D eigenvalue weighted by atomic mass is 10.0. The van der Waals surface area contributed by atoms with Crippen LogP contribution in [0.4, 0.5) is 5.69 Å². The Kier molecular flexibility index (Phi) is 6.79. The number of carbonyl (C=O) groups excluding carboxylic acids is 1. The summed E-state index contributed by atoms with van der Waals surface area (Å²) in [7, 11) is -3.19. The average Bonchev–Trinajstić information content (AvgIpc) is 2.71. The van der Waals surface area contributed by atoms with Crippen molar-refractivity contribution in [3.8, 4) is 0 Å². The summed E-state index contributed by atoms with van der Waals surface area (Å²) in [5.74, 6) is -0.0958. The molecule has 2 heterocycles. The van der Waals surface area contributed by atoms with Crippen molar-refractivity contribution in [3.63, 3.8) is 0 Å². The molecular formula is C20H24BrN3O4S. The summed E-state index contributed by atoms with van der Waals surface area (Å²) >= 11 is 3.30. The Morgan fingerprint density at radius 1 is 1.14 bits per heavy atom. The van der Waals surface area contributed by atoms with Gasteiger partial charge >= 0.3 is 0 Å². The summed E-state index contributed by atoms with van der Waals surface area (Å²) in [4.78, 5) is 26.6. The summed E-state index contributed by atoms with van der Waals surface area (Å²) in [6.45, 7) is 3.16. The number of anilines is 1. The van der Waals surface area contributed by atoms with E-state index in [0.29, 0.717) is 4.90 Å². The van der Waals surface area contributed by atoms with Crippen LogP contribution in [0, 0.1) is 0 Å². The Bertz CT molecular complexity index is 1030. The monoisotopic (exact) mass is 481 g/mol. The number of carbonyl (C=O) groups is 1. The van der Waals surface area contributed by atoms with Crippen LogP contribution in [0.15, 0.2) is 56.8 Å². The molecule has 0 unspecified atom stereocenters. The molecule has 29 heavy (non-hydrogen) atoms. The second-order valence-corrected chi connectivity index (χ2v) is 10.2. The Labute approximate surface area is 178 Å². The number of rotatable bonds is 6. The van der Waals surface area contributed by atoms with E-state index < -0.39 is 9.84 Å². The largest absolute Gasteiger partial charge is 0.371 e. The third-order valence-electron chi connectivity index (χ3n) is 5.06. The van der Waals surface area contributed by atoms with Crippen LogP contribution in [0.3, 0.4) is 0 Å². The maximum Gasteiger partial charge on any atom is 0.251 e. The topological polar surface area (TPSA) is 88.5 Å². The minimum Gasteiger partial charge on any atom is -0.371 e. The number of benzene rings is 1. The standard InChI is InChI=1S/C20H24BrN3O4S/c1-2-29(27,28)18-6-4-17(5-7-18)23-11-9-16(10-12-23)22-19(25)14-24-13-15(21)3-8-20(24)26/h3-8,13,16H,2,9-12,14H2,1H3,(H,22,25). The first-order valence-corrected chi connectivity index (χ1v) is 12.0. The third-order valence-corrected chi connectivity index (χ3v) is 7.28. The second kappa shape index (κ2) is 9.13. The molecule has 1 aromatic heterocycles. The zero-order valence-electron chi connectivity index (χ0n) is 16.2. The van der Waals surface area contributed by atoms with Gasteiger partial charge in [-0.05, 0) is 59.1 Å². The van der Waals surface area contributed by atoms with Crippen molar-refractivity contribution in [2.45, 2.75) is 37.2 Å². The van der Waals surface area contributed by atoms with Crippen LogP contribution < -0.4 is 15.8 Å². The van der Waals surface area contributed by atoms with Crippen LogP contribution in [0.1, 0.15) is 19.8 Å². The highest BCUT2D eigenvalue weighted by atomic mass is 79.9. The minimum absolute atomic E-state index is 0.00808. The fraction of sp³-hybridized carbons (Fsp3) is 0.400. The number of amides is 1. The van der Waals surface area contributed by atoms with E-state index in [1.165, 1.54) is 10.6 Å². The molecule has 0 spiro atoms. The summed E-state index contributed by atoms with van der Waals surface area (Å²) in [5, 5.41) is 3.00. The third kappa shape index (κ3) is 5.48. The molecule has 2 aromatic rings. The molecule has 1 fully saturated rings. The Morgan fingerprint density at radius 3 is 2.41 bits per heavy atom. The molecule has 9 heteroatoms. The second-order valence-electron chi connectivity index (χ2n) is 7.04. The van der Waals surface area contributed by atoms with Gasteiger partial charge in [-0.2, -0.15) is 0 Å². The van der Waals surface area contributed by atoms with E-state index in [9.17, 15) is 18.0 Å². The van der Waals surface area contributed by atoms with Crippen LogP contribution in [0.2, 0.25) is 0 Å². The molecule has 0 atom stereocenters. The van der Waals surface area contributed by atoms with Gasteiger partial charge < -0.3 is 14.8 Å². The van der Waals surface area contributed by atoms with E-state index in [1.807, 2.05) is 12.1 Å². The zero-order chi connectivity index (χ0) is 21.0. The summed E-state index contributed by atoms with van der Waals surface area (Å²) < 4.78 is 26.0. The fourth-order valence-electron chi connectivity index (χ4n) is 3.37. The van der Waals surface area contributed by atoms with Crippen molar-refractivity contribution < 1.29 is 13.2 Å². The van der Waals surface area contributed by atoms with Gasteiger partial charge in [0.25, 0.3) is 5.56 Å². The summed E-state index contributed by atoms with van der Waals surface area (Å²) in [6.07, 6.45) is 3.18. The molecule has 156 valence electrons. The van der Waals surface area contributed by atoms with Crippen molar-refractivity contribution in [2.24, 2.45) is 0 Å². The van der Waals surface area contributed by atoms with Gasteiger partial charge in [-0.3, -0.25) is 9.59 Å². The maximum atomic E-state index is 12.3. The average molecular weight is 482 g/mol. The number of halogens is 1. The highest BCUT2D eigenvalue weighted by molar-refractivity contribution is 9.10. The number of piperidine rings is 1. The first kappa shape index (κ1) is 21.6. The van der Waals surface area contributed by atoms with Gasteiger partial charge in [0.15, 0.2) is 9.84 Å². The normalized spacial score (nSPS) is 15.3. The maximum absolute atomic E-state index is 12.3. The van der Waals surface area contributed by atoms with Crippen molar-refractivity contribution >= 4 is 37.4 Å². The van der Waals surface area contributed by atoms with E-state index in [4.69, 9.17) is 0 Å². The molecule has 0 aliphatic carbocycles. The lowest BCUT2D eigenvalue weighted by Gasteiger charge is -2.34. The Hall–Kier alpha value is -2.13. The van der Waals surface area contributed by atoms with E-state index in [-0.39, 0.29) is 29.8 Å². The Morgan fingerprint density at radius 2 is 1.79 bits per heavy atom. The number of sulfone groups is 1. The van der Waals surface area contributed by atoms with E-state index in [0.717, 1.165) is 36.1 Å². The van der Waals surface area contributed by atoms with Crippen LogP contribution >= 0.6 is 15.9 Å². The van der Waals surface area contributed by atoms with Gasteiger partial charge in [0, 0.05) is 41.6 Å². The number of hydrogen-bond donors (Lipinski definition) is 1. The van der Waals surface area contributed by atoms with Gasteiger partial charge in [0.2, 0.25) is 5.91 Å². The number of nitrogens with zero attached hydrogens (tertiary/aromatic N) is 2. The molecule has 7 nitrogen and oxygen atoms in total. The first-order chi connectivity index (χ1) is 13.8. The number of pyridine rings is 1. The highest BCUT2D eigenvalue weighted by Gasteiger charge is 2.21. The summed E-state index contributed by atoms with van der Waals surface area (Å²) in [6, 6.07) is 10.1. The van der Waals surface area contributed by atoms with Gasteiger partial charge in [0.05, 0.1) is 10.6 Å². The smallest absolute Gasteiger partial charge is 0.251 e. The van der Waals surface area contributed by atoms with E-state index >= 15 is 0 Å². The lowest BCUT2D eigenvalue weighted by molar-refractivity contribution is -0.122. The van der Waals surface area contributed by atoms with E-state index in [2.05, 4.69) is 26.1 Å². The Balaban J connectivity index is 1.53.